The number of hydrogen-bond acceptors (Lipinski definition) is 4. The van der Waals surface area contributed by atoms with Crippen LogP contribution in [0, 0.1) is 5.92 Å². The van der Waals surface area contributed by atoms with E-state index in [1.54, 1.807) is 0 Å². The number of nitrogens with zero attached hydrogens (tertiary/aromatic N) is 1. The molecule has 0 radical (unpaired) electrons. The van der Waals surface area contributed by atoms with Crippen LogP contribution in [0.5, 0.6) is 0 Å². The molecule has 1 aliphatic rings. The molecule has 1 atom stereocenters. The number of rotatable bonds is 6. The first-order valence-corrected chi connectivity index (χ1v) is 6.55. The van der Waals surface area contributed by atoms with Crippen molar-refractivity contribution >= 4 is 5.91 Å². The molecule has 5 heteroatoms. The van der Waals surface area contributed by atoms with Crippen molar-refractivity contribution in [2.75, 3.05) is 39.3 Å². The van der Waals surface area contributed by atoms with Gasteiger partial charge in [0, 0.05) is 38.8 Å². The third-order valence-corrected chi connectivity index (χ3v) is 3.13. The van der Waals surface area contributed by atoms with Crippen LogP contribution >= 0.6 is 0 Å². The van der Waals surface area contributed by atoms with E-state index < -0.39 is 0 Å². The van der Waals surface area contributed by atoms with E-state index in [9.17, 15) is 4.79 Å². The molecule has 1 saturated heterocycles. The highest BCUT2D eigenvalue weighted by Crippen LogP contribution is 2.01. The maximum absolute atomic E-state index is 11.7. The topological polar surface area (TPSA) is 70.4 Å². The van der Waals surface area contributed by atoms with Crippen LogP contribution in [0.15, 0.2) is 0 Å². The first kappa shape index (κ1) is 14.4. The molecule has 1 aliphatic heterocycles. The number of nitrogens with two attached hydrogens (primary N) is 1. The van der Waals surface area contributed by atoms with Crippen molar-refractivity contribution in [3.05, 3.63) is 0 Å². The highest BCUT2D eigenvalue weighted by molar-refractivity contribution is 5.78. The number of piperazine rings is 1. The SMILES string of the molecule is CC(C)CCNC(=O)CN1CCNCC1CN. The van der Waals surface area contributed by atoms with E-state index in [1.807, 2.05) is 0 Å². The first-order chi connectivity index (χ1) is 8.13. The highest BCUT2D eigenvalue weighted by Gasteiger charge is 2.22. The molecule has 0 saturated carbocycles. The van der Waals surface area contributed by atoms with Crippen molar-refractivity contribution in [2.45, 2.75) is 26.3 Å². The van der Waals surface area contributed by atoms with Gasteiger partial charge in [-0.1, -0.05) is 13.8 Å². The van der Waals surface area contributed by atoms with Crippen LogP contribution in [0.1, 0.15) is 20.3 Å². The first-order valence-electron chi connectivity index (χ1n) is 6.55. The Bertz CT molecular complexity index is 233. The average Bonchev–Trinajstić information content (AvgIpc) is 2.29. The van der Waals surface area contributed by atoms with Gasteiger partial charge in [-0.05, 0) is 12.3 Å². The minimum absolute atomic E-state index is 0.117. The normalized spacial score (nSPS) is 21.8. The van der Waals surface area contributed by atoms with Gasteiger partial charge >= 0.3 is 0 Å². The summed E-state index contributed by atoms with van der Waals surface area (Å²) in [7, 11) is 0. The molecular formula is C12H26N4O. The maximum atomic E-state index is 11.7. The lowest BCUT2D eigenvalue weighted by Gasteiger charge is -2.34. The molecular weight excluding hydrogens is 216 g/mol. The van der Waals surface area contributed by atoms with E-state index >= 15 is 0 Å². The second-order valence-electron chi connectivity index (χ2n) is 5.10. The van der Waals surface area contributed by atoms with Crippen molar-refractivity contribution in [3.63, 3.8) is 0 Å². The number of amides is 1. The van der Waals surface area contributed by atoms with Crippen molar-refractivity contribution in [2.24, 2.45) is 11.7 Å². The summed E-state index contributed by atoms with van der Waals surface area (Å²) in [5.41, 5.74) is 5.70. The molecule has 0 aromatic carbocycles. The fraction of sp³-hybridized carbons (Fsp3) is 0.917. The summed E-state index contributed by atoms with van der Waals surface area (Å²) in [6.45, 7) is 8.90. The van der Waals surface area contributed by atoms with Gasteiger partial charge in [0.25, 0.3) is 0 Å². The smallest absolute Gasteiger partial charge is 0.234 e. The lowest BCUT2D eigenvalue weighted by Crippen LogP contribution is -2.56. The number of carbonyl (C=O) groups is 1. The summed E-state index contributed by atoms with van der Waals surface area (Å²) in [6.07, 6.45) is 1.04. The minimum atomic E-state index is 0.117. The van der Waals surface area contributed by atoms with Gasteiger partial charge in [0.1, 0.15) is 0 Å². The Labute approximate surface area is 104 Å². The molecule has 1 unspecified atom stereocenters. The van der Waals surface area contributed by atoms with Crippen LogP contribution in [0.3, 0.4) is 0 Å². The Balaban J connectivity index is 2.24. The van der Waals surface area contributed by atoms with Crippen molar-refractivity contribution in [1.82, 2.24) is 15.5 Å². The van der Waals surface area contributed by atoms with Crippen LogP contribution in [-0.2, 0) is 4.79 Å². The van der Waals surface area contributed by atoms with Crippen LogP contribution in [0.4, 0.5) is 0 Å². The van der Waals surface area contributed by atoms with Gasteiger partial charge < -0.3 is 16.4 Å². The molecule has 1 rings (SSSR count). The van der Waals surface area contributed by atoms with E-state index in [0.717, 1.165) is 32.6 Å². The maximum Gasteiger partial charge on any atom is 0.234 e. The van der Waals surface area contributed by atoms with Gasteiger partial charge in [-0.3, -0.25) is 9.69 Å². The molecule has 5 nitrogen and oxygen atoms in total. The third kappa shape index (κ3) is 5.48. The van der Waals surface area contributed by atoms with Gasteiger partial charge in [0.15, 0.2) is 0 Å². The predicted molar refractivity (Wildman–Crippen MR) is 69.7 cm³/mol. The van der Waals surface area contributed by atoms with Gasteiger partial charge in [0.05, 0.1) is 6.54 Å². The molecule has 4 N–H and O–H groups in total. The molecule has 0 spiro atoms. The fourth-order valence-electron chi connectivity index (χ4n) is 1.98. The standard InChI is InChI=1S/C12H26N4O/c1-10(2)3-4-15-12(17)9-16-6-5-14-8-11(16)7-13/h10-11,14H,3-9,13H2,1-2H3,(H,15,17). The molecule has 0 aliphatic carbocycles. The Morgan fingerprint density at radius 1 is 1.59 bits per heavy atom. The molecule has 17 heavy (non-hydrogen) atoms. The highest BCUT2D eigenvalue weighted by atomic mass is 16.2. The number of nitrogens with one attached hydrogen (secondary N) is 2. The summed E-state index contributed by atoms with van der Waals surface area (Å²) in [5.74, 6) is 0.747. The van der Waals surface area contributed by atoms with E-state index in [4.69, 9.17) is 5.73 Å². The van der Waals surface area contributed by atoms with Gasteiger partial charge in [0.2, 0.25) is 5.91 Å². The molecule has 1 heterocycles. The lowest BCUT2D eigenvalue weighted by atomic mass is 10.1. The minimum Gasteiger partial charge on any atom is -0.355 e. The molecule has 1 fully saturated rings. The van der Waals surface area contributed by atoms with Crippen molar-refractivity contribution in [3.8, 4) is 0 Å². The molecule has 0 bridgehead atoms. The number of hydrogen-bond donors (Lipinski definition) is 3. The van der Waals surface area contributed by atoms with Crippen LogP contribution in [-0.4, -0.2) is 56.1 Å². The zero-order valence-electron chi connectivity index (χ0n) is 11.0. The van der Waals surface area contributed by atoms with E-state index in [0.29, 0.717) is 25.0 Å². The van der Waals surface area contributed by atoms with Crippen LogP contribution in [0.2, 0.25) is 0 Å². The van der Waals surface area contributed by atoms with Gasteiger partial charge in [-0.2, -0.15) is 0 Å². The largest absolute Gasteiger partial charge is 0.355 e. The monoisotopic (exact) mass is 242 g/mol. The molecule has 1 amide bonds. The van der Waals surface area contributed by atoms with E-state index in [2.05, 4.69) is 29.4 Å². The summed E-state index contributed by atoms with van der Waals surface area (Å²) < 4.78 is 0. The van der Waals surface area contributed by atoms with Gasteiger partial charge in [-0.25, -0.2) is 0 Å². The van der Waals surface area contributed by atoms with Crippen molar-refractivity contribution < 1.29 is 4.79 Å². The molecule has 100 valence electrons. The summed E-state index contributed by atoms with van der Waals surface area (Å²) in [4.78, 5) is 13.9. The molecule has 0 aromatic rings. The summed E-state index contributed by atoms with van der Waals surface area (Å²) in [5, 5.41) is 6.26. The Morgan fingerprint density at radius 2 is 2.35 bits per heavy atom. The lowest BCUT2D eigenvalue weighted by molar-refractivity contribution is -0.123. The Hall–Kier alpha value is -0.650. The predicted octanol–water partition coefficient (Wildman–Crippen LogP) is -0.619. The van der Waals surface area contributed by atoms with Crippen LogP contribution < -0.4 is 16.4 Å². The fourth-order valence-corrected chi connectivity index (χ4v) is 1.98. The van der Waals surface area contributed by atoms with Crippen LogP contribution in [0.25, 0.3) is 0 Å². The zero-order valence-corrected chi connectivity index (χ0v) is 11.0. The van der Waals surface area contributed by atoms with Crippen molar-refractivity contribution in [1.29, 1.82) is 0 Å². The zero-order chi connectivity index (χ0) is 12.7. The summed E-state index contributed by atoms with van der Waals surface area (Å²) >= 11 is 0. The van der Waals surface area contributed by atoms with E-state index in [1.165, 1.54) is 0 Å². The van der Waals surface area contributed by atoms with E-state index in [-0.39, 0.29) is 5.91 Å². The number of carbonyl (C=O) groups excluding carboxylic acids is 1. The quantitative estimate of drug-likeness (QED) is 0.581. The summed E-state index contributed by atoms with van der Waals surface area (Å²) in [6, 6.07) is 0.291. The third-order valence-electron chi connectivity index (χ3n) is 3.13. The second-order valence-corrected chi connectivity index (χ2v) is 5.10. The molecule has 0 aromatic heterocycles. The Kier molecular flexibility index (Phi) is 6.47. The van der Waals surface area contributed by atoms with Gasteiger partial charge in [-0.15, -0.1) is 0 Å². The average molecular weight is 242 g/mol. The second kappa shape index (κ2) is 7.63. The Morgan fingerprint density at radius 3 is 3.00 bits per heavy atom.